The summed E-state index contributed by atoms with van der Waals surface area (Å²) in [5.41, 5.74) is 0.201. The molecule has 1 fully saturated rings. The van der Waals surface area contributed by atoms with Crippen molar-refractivity contribution in [1.29, 1.82) is 0 Å². The Bertz CT molecular complexity index is 724. The minimum atomic E-state index is -1.13. The Kier molecular flexibility index (Phi) is 5.39. The molecule has 0 atom stereocenters. The lowest BCUT2D eigenvalue weighted by Crippen LogP contribution is -2.47. The van der Waals surface area contributed by atoms with Crippen molar-refractivity contribution in [3.8, 4) is 0 Å². The van der Waals surface area contributed by atoms with Crippen molar-refractivity contribution in [3.05, 3.63) is 33.8 Å². The minimum absolute atomic E-state index is 0.0152. The number of carbonyl (C=O) groups is 4. The van der Waals surface area contributed by atoms with Gasteiger partial charge in [-0.05, 0) is 45.2 Å². The molecular weight excluding hydrogens is 334 g/mol. The van der Waals surface area contributed by atoms with Crippen LogP contribution in [0.25, 0.3) is 0 Å². The summed E-state index contributed by atoms with van der Waals surface area (Å²) in [5.74, 6) is -2.43. The zero-order valence-corrected chi connectivity index (χ0v) is 14.2. The number of benzene rings is 1. The quantitative estimate of drug-likeness (QED) is 0.795. The summed E-state index contributed by atoms with van der Waals surface area (Å²) in [4.78, 5) is 48.8. The van der Waals surface area contributed by atoms with Crippen LogP contribution in [0.1, 0.15) is 64.2 Å². The van der Waals surface area contributed by atoms with Gasteiger partial charge in [0.25, 0.3) is 5.91 Å². The average Bonchev–Trinajstić information content (AvgIpc) is 2.41. The van der Waals surface area contributed by atoms with E-state index in [1.54, 1.807) is 0 Å². The van der Waals surface area contributed by atoms with Crippen LogP contribution >= 0.6 is 11.6 Å². The molecule has 0 saturated heterocycles. The molecule has 0 spiro atoms. The maximum Gasteiger partial charge on any atom is 0.323 e. The van der Waals surface area contributed by atoms with E-state index in [0.717, 1.165) is 6.42 Å². The first-order chi connectivity index (χ1) is 11.2. The molecule has 1 aliphatic carbocycles. The van der Waals surface area contributed by atoms with Crippen LogP contribution in [0.5, 0.6) is 0 Å². The fraction of sp³-hybridized carbons (Fsp3) is 0.412. The second-order valence-corrected chi connectivity index (χ2v) is 6.31. The molecule has 128 valence electrons. The number of carbonyl (C=O) groups excluding carboxylic acids is 3. The molecule has 1 aromatic carbocycles. The lowest BCUT2D eigenvalue weighted by atomic mass is 9.90. The maximum atomic E-state index is 12.9. The second-order valence-electron chi connectivity index (χ2n) is 5.90. The number of carboxylic acids is 1. The zero-order valence-electron chi connectivity index (χ0n) is 13.5. The predicted molar refractivity (Wildman–Crippen MR) is 87.8 cm³/mol. The van der Waals surface area contributed by atoms with Gasteiger partial charge in [0.1, 0.15) is 6.54 Å². The monoisotopic (exact) mass is 351 g/mol. The Morgan fingerprint density at radius 1 is 1.17 bits per heavy atom. The smallest absolute Gasteiger partial charge is 0.323 e. The Labute approximate surface area is 144 Å². The normalized spacial score (nSPS) is 14.0. The van der Waals surface area contributed by atoms with Gasteiger partial charge in [0.05, 0.1) is 10.6 Å². The first kappa shape index (κ1) is 18.1. The van der Waals surface area contributed by atoms with Crippen LogP contribution in [0, 0.1) is 0 Å². The number of hydrogen-bond donors (Lipinski definition) is 1. The van der Waals surface area contributed by atoms with Gasteiger partial charge in [0, 0.05) is 17.2 Å². The third-order valence-corrected chi connectivity index (χ3v) is 4.46. The number of nitrogens with zero attached hydrogens (tertiary/aromatic N) is 1. The first-order valence-electron chi connectivity index (χ1n) is 7.60. The molecule has 0 radical (unpaired) electrons. The third-order valence-electron chi connectivity index (χ3n) is 4.16. The third kappa shape index (κ3) is 3.64. The van der Waals surface area contributed by atoms with E-state index < -0.39 is 24.2 Å². The van der Waals surface area contributed by atoms with Crippen LogP contribution in [0.2, 0.25) is 5.02 Å². The Balaban J connectivity index is 2.54. The molecule has 24 heavy (non-hydrogen) atoms. The maximum absolute atomic E-state index is 12.9. The first-order valence-corrected chi connectivity index (χ1v) is 7.98. The Hall–Kier alpha value is -2.21. The number of rotatable bonds is 6. The lowest BCUT2D eigenvalue weighted by molar-refractivity contribution is -0.138. The highest BCUT2D eigenvalue weighted by Crippen LogP contribution is 2.29. The van der Waals surface area contributed by atoms with Crippen molar-refractivity contribution in [2.24, 2.45) is 0 Å². The van der Waals surface area contributed by atoms with Crippen molar-refractivity contribution in [3.63, 3.8) is 0 Å². The van der Waals surface area contributed by atoms with Gasteiger partial charge in [-0.1, -0.05) is 11.6 Å². The SMILES string of the molecule is CC(=O)c1cc(Cl)c(C(C)=O)c(C(=O)N(CC(=O)O)C2CCC2)c1. The molecule has 1 saturated carbocycles. The standard InChI is InChI=1S/C17H18ClNO5/c1-9(20)11-6-13(16(10(2)21)14(18)7-11)17(24)19(8-15(22)23)12-4-3-5-12/h6-7,12H,3-5,8H2,1-2H3,(H,22,23). The molecule has 1 aliphatic rings. The summed E-state index contributed by atoms with van der Waals surface area (Å²) in [5, 5.41) is 9.10. The molecule has 6 nitrogen and oxygen atoms in total. The van der Waals surface area contributed by atoms with E-state index in [2.05, 4.69) is 0 Å². The van der Waals surface area contributed by atoms with Crippen LogP contribution in [0.3, 0.4) is 0 Å². The molecule has 2 rings (SSSR count). The van der Waals surface area contributed by atoms with E-state index >= 15 is 0 Å². The highest BCUT2D eigenvalue weighted by atomic mass is 35.5. The van der Waals surface area contributed by atoms with E-state index in [9.17, 15) is 19.2 Å². The number of aliphatic carboxylic acids is 1. The number of hydrogen-bond acceptors (Lipinski definition) is 4. The van der Waals surface area contributed by atoms with Gasteiger partial charge >= 0.3 is 5.97 Å². The van der Waals surface area contributed by atoms with Gasteiger partial charge in [-0.25, -0.2) is 0 Å². The summed E-state index contributed by atoms with van der Waals surface area (Å²) in [6.07, 6.45) is 2.35. The molecule has 0 heterocycles. The molecule has 0 aromatic heterocycles. The second kappa shape index (κ2) is 7.13. The number of amides is 1. The van der Waals surface area contributed by atoms with Gasteiger partial charge in [-0.3, -0.25) is 19.2 Å². The number of halogens is 1. The van der Waals surface area contributed by atoms with E-state index in [0.29, 0.717) is 12.8 Å². The minimum Gasteiger partial charge on any atom is -0.480 e. The van der Waals surface area contributed by atoms with Crippen molar-refractivity contribution in [2.75, 3.05) is 6.54 Å². The van der Waals surface area contributed by atoms with E-state index in [1.807, 2.05) is 0 Å². The van der Waals surface area contributed by atoms with Gasteiger partial charge < -0.3 is 10.0 Å². The van der Waals surface area contributed by atoms with Crippen LogP contribution in [-0.2, 0) is 4.79 Å². The van der Waals surface area contributed by atoms with Gasteiger partial charge in [-0.15, -0.1) is 0 Å². The summed E-state index contributed by atoms with van der Waals surface area (Å²) >= 11 is 6.10. The average molecular weight is 352 g/mol. The van der Waals surface area contributed by atoms with Gasteiger partial charge in [0.15, 0.2) is 11.6 Å². The van der Waals surface area contributed by atoms with Crippen molar-refractivity contribution in [2.45, 2.75) is 39.2 Å². The molecule has 0 unspecified atom stereocenters. The predicted octanol–water partition coefficient (Wildman–Crippen LogP) is 2.82. The Morgan fingerprint density at radius 3 is 2.21 bits per heavy atom. The summed E-state index contributed by atoms with van der Waals surface area (Å²) in [7, 11) is 0. The zero-order chi connectivity index (χ0) is 18.0. The molecule has 1 N–H and O–H groups in total. The topological polar surface area (TPSA) is 91.8 Å². The fourth-order valence-electron chi connectivity index (χ4n) is 2.70. The molecule has 0 bridgehead atoms. The van der Waals surface area contributed by atoms with Gasteiger partial charge in [-0.2, -0.15) is 0 Å². The van der Waals surface area contributed by atoms with Crippen molar-refractivity contribution >= 4 is 35.0 Å². The molecular formula is C17H18ClNO5. The van der Waals surface area contributed by atoms with E-state index in [-0.39, 0.29) is 33.5 Å². The molecule has 0 aliphatic heterocycles. The van der Waals surface area contributed by atoms with Crippen LogP contribution < -0.4 is 0 Å². The highest BCUT2D eigenvalue weighted by molar-refractivity contribution is 6.35. The molecule has 1 amide bonds. The lowest BCUT2D eigenvalue weighted by Gasteiger charge is -2.37. The van der Waals surface area contributed by atoms with Gasteiger partial charge in [0.2, 0.25) is 0 Å². The number of ketones is 2. The fourth-order valence-corrected chi connectivity index (χ4v) is 3.05. The van der Waals surface area contributed by atoms with Crippen molar-refractivity contribution in [1.82, 2.24) is 4.90 Å². The summed E-state index contributed by atoms with van der Waals surface area (Å²) < 4.78 is 0. The molecule has 7 heteroatoms. The van der Waals surface area contributed by atoms with Crippen LogP contribution in [0.4, 0.5) is 0 Å². The van der Waals surface area contributed by atoms with Crippen LogP contribution in [-0.4, -0.2) is 46.0 Å². The van der Waals surface area contributed by atoms with E-state index in [4.69, 9.17) is 16.7 Å². The number of Topliss-reactive ketones (excluding diaryl/α,β-unsaturated/α-hetero) is 2. The summed E-state index contributed by atoms with van der Waals surface area (Å²) in [6.45, 7) is 2.15. The molecule has 1 aromatic rings. The van der Waals surface area contributed by atoms with Crippen molar-refractivity contribution < 1.29 is 24.3 Å². The van der Waals surface area contributed by atoms with Crippen LogP contribution in [0.15, 0.2) is 12.1 Å². The largest absolute Gasteiger partial charge is 0.480 e. The summed E-state index contributed by atoms with van der Waals surface area (Å²) in [6, 6.07) is 2.50. The van der Waals surface area contributed by atoms with E-state index in [1.165, 1.54) is 30.9 Å². The Morgan fingerprint density at radius 2 is 1.79 bits per heavy atom. The highest BCUT2D eigenvalue weighted by Gasteiger charge is 2.33. The number of carboxylic acid groups (broad SMARTS) is 1.